The van der Waals surface area contributed by atoms with Gasteiger partial charge in [-0.1, -0.05) is 0 Å². The second kappa shape index (κ2) is 7.22. The first kappa shape index (κ1) is 13.9. The number of ether oxygens (including phenoxy) is 2. The van der Waals surface area contributed by atoms with E-state index < -0.39 is 6.10 Å². The summed E-state index contributed by atoms with van der Waals surface area (Å²) in [6, 6.07) is 0. The molecule has 0 aromatic carbocycles. The van der Waals surface area contributed by atoms with E-state index in [1.54, 1.807) is 0 Å². The minimum Gasteiger partial charge on any atom is -0.393 e. The monoisotopic (exact) mass is 232 g/mol. The van der Waals surface area contributed by atoms with Crippen LogP contribution in [0.4, 0.5) is 0 Å². The van der Waals surface area contributed by atoms with Gasteiger partial charge in [0.05, 0.1) is 31.5 Å². The molecule has 4 heteroatoms. The zero-order valence-corrected chi connectivity index (χ0v) is 10.3. The van der Waals surface area contributed by atoms with E-state index in [0.29, 0.717) is 13.2 Å². The molecule has 4 nitrogen and oxygen atoms in total. The molecule has 0 spiro atoms. The van der Waals surface area contributed by atoms with Crippen molar-refractivity contribution < 1.29 is 19.7 Å². The van der Waals surface area contributed by atoms with Crippen molar-refractivity contribution in [3.05, 3.63) is 0 Å². The van der Waals surface area contributed by atoms with Crippen molar-refractivity contribution in [2.75, 3.05) is 13.2 Å². The molecule has 1 saturated carbocycles. The number of aliphatic hydroxyl groups excluding tert-OH is 2. The molecule has 0 saturated heterocycles. The topological polar surface area (TPSA) is 58.9 Å². The van der Waals surface area contributed by atoms with Crippen molar-refractivity contribution in [1.82, 2.24) is 0 Å². The van der Waals surface area contributed by atoms with Gasteiger partial charge in [-0.15, -0.1) is 0 Å². The Labute approximate surface area is 97.6 Å². The molecule has 2 N–H and O–H groups in total. The fraction of sp³-hybridized carbons (Fsp3) is 1.00. The van der Waals surface area contributed by atoms with Crippen LogP contribution < -0.4 is 0 Å². The van der Waals surface area contributed by atoms with Gasteiger partial charge in [-0.25, -0.2) is 0 Å². The van der Waals surface area contributed by atoms with Gasteiger partial charge in [0, 0.05) is 0 Å². The summed E-state index contributed by atoms with van der Waals surface area (Å²) in [4.78, 5) is 0. The first-order valence-electron chi connectivity index (χ1n) is 6.17. The van der Waals surface area contributed by atoms with Crippen LogP contribution in [0.25, 0.3) is 0 Å². The highest BCUT2D eigenvalue weighted by Gasteiger charge is 2.20. The Balaban J connectivity index is 2.05. The molecule has 1 rings (SSSR count). The van der Waals surface area contributed by atoms with Crippen molar-refractivity contribution >= 4 is 0 Å². The number of hydrogen-bond donors (Lipinski definition) is 2. The molecule has 0 bridgehead atoms. The highest BCUT2D eigenvalue weighted by molar-refractivity contribution is 4.72. The molecule has 96 valence electrons. The standard InChI is InChI=1S/C12H24O4/c1-9(2)15-7-11(14)8-16-12-5-3-10(13)4-6-12/h9-14H,3-8H2,1-2H3. The first-order valence-corrected chi connectivity index (χ1v) is 6.17. The molecule has 0 radical (unpaired) electrons. The van der Waals surface area contributed by atoms with Gasteiger partial charge in [0.1, 0.15) is 6.10 Å². The number of aliphatic hydroxyl groups is 2. The van der Waals surface area contributed by atoms with Crippen LogP contribution in [0.3, 0.4) is 0 Å². The van der Waals surface area contributed by atoms with Gasteiger partial charge in [0.25, 0.3) is 0 Å². The van der Waals surface area contributed by atoms with E-state index >= 15 is 0 Å². The second-order valence-electron chi connectivity index (χ2n) is 4.80. The molecule has 0 heterocycles. The summed E-state index contributed by atoms with van der Waals surface area (Å²) in [5, 5.41) is 18.9. The average molecular weight is 232 g/mol. The summed E-state index contributed by atoms with van der Waals surface area (Å²) >= 11 is 0. The van der Waals surface area contributed by atoms with Crippen LogP contribution in [-0.2, 0) is 9.47 Å². The van der Waals surface area contributed by atoms with Gasteiger partial charge in [-0.2, -0.15) is 0 Å². The van der Waals surface area contributed by atoms with Gasteiger partial charge in [-0.3, -0.25) is 0 Å². The average Bonchev–Trinajstić information content (AvgIpc) is 2.25. The minimum absolute atomic E-state index is 0.138. The summed E-state index contributed by atoms with van der Waals surface area (Å²) in [5.41, 5.74) is 0. The lowest BCUT2D eigenvalue weighted by Gasteiger charge is -2.26. The van der Waals surface area contributed by atoms with Crippen molar-refractivity contribution in [2.45, 2.75) is 63.9 Å². The Hall–Kier alpha value is -0.160. The van der Waals surface area contributed by atoms with Gasteiger partial charge in [0.2, 0.25) is 0 Å². The molecule has 0 amide bonds. The maximum Gasteiger partial charge on any atom is 0.101 e. The maximum absolute atomic E-state index is 9.58. The SMILES string of the molecule is CC(C)OCC(O)COC1CCC(O)CC1. The fourth-order valence-electron chi connectivity index (χ4n) is 1.81. The Morgan fingerprint density at radius 3 is 2.31 bits per heavy atom. The van der Waals surface area contributed by atoms with Crippen LogP contribution in [0, 0.1) is 0 Å². The van der Waals surface area contributed by atoms with E-state index in [2.05, 4.69) is 0 Å². The maximum atomic E-state index is 9.58. The van der Waals surface area contributed by atoms with Crippen LogP contribution >= 0.6 is 0 Å². The summed E-state index contributed by atoms with van der Waals surface area (Å²) in [7, 11) is 0. The van der Waals surface area contributed by atoms with Crippen LogP contribution in [0.2, 0.25) is 0 Å². The summed E-state index contributed by atoms with van der Waals surface area (Å²) < 4.78 is 10.9. The van der Waals surface area contributed by atoms with Crippen molar-refractivity contribution in [3.63, 3.8) is 0 Å². The van der Waals surface area contributed by atoms with Gasteiger partial charge >= 0.3 is 0 Å². The van der Waals surface area contributed by atoms with E-state index in [-0.39, 0.29) is 18.3 Å². The van der Waals surface area contributed by atoms with Gasteiger partial charge < -0.3 is 19.7 Å². The minimum atomic E-state index is -0.547. The quantitative estimate of drug-likeness (QED) is 0.720. The first-order chi connectivity index (χ1) is 7.58. The van der Waals surface area contributed by atoms with E-state index in [1.165, 1.54) is 0 Å². The van der Waals surface area contributed by atoms with E-state index in [9.17, 15) is 10.2 Å². The van der Waals surface area contributed by atoms with Gasteiger partial charge in [-0.05, 0) is 39.5 Å². The number of rotatable bonds is 6. The second-order valence-corrected chi connectivity index (χ2v) is 4.80. The lowest BCUT2D eigenvalue weighted by Crippen LogP contribution is -2.30. The molecule has 0 aromatic rings. The molecule has 16 heavy (non-hydrogen) atoms. The molecular weight excluding hydrogens is 208 g/mol. The third kappa shape index (κ3) is 5.80. The third-order valence-electron chi connectivity index (χ3n) is 2.79. The largest absolute Gasteiger partial charge is 0.393 e. The van der Waals surface area contributed by atoms with Crippen molar-refractivity contribution in [3.8, 4) is 0 Å². The molecule has 1 aliphatic rings. The predicted molar refractivity (Wildman–Crippen MR) is 61.3 cm³/mol. The van der Waals surface area contributed by atoms with E-state index in [1.807, 2.05) is 13.8 Å². The normalized spacial score (nSPS) is 28.3. The summed E-state index contributed by atoms with van der Waals surface area (Å²) in [6.07, 6.45) is 3.02. The summed E-state index contributed by atoms with van der Waals surface area (Å²) in [5.74, 6) is 0. The molecule has 0 aromatic heterocycles. The van der Waals surface area contributed by atoms with Gasteiger partial charge in [0.15, 0.2) is 0 Å². The lowest BCUT2D eigenvalue weighted by atomic mass is 9.95. The molecular formula is C12H24O4. The Morgan fingerprint density at radius 2 is 1.75 bits per heavy atom. The molecule has 1 unspecified atom stereocenters. The molecule has 0 aliphatic heterocycles. The van der Waals surface area contributed by atoms with Crippen LogP contribution in [0.1, 0.15) is 39.5 Å². The third-order valence-corrected chi connectivity index (χ3v) is 2.79. The van der Waals surface area contributed by atoms with Crippen molar-refractivity contribution in [1.29, 1.82) is 0 Å². The fourth-order valence-corrected chi connectivity index (χ4v) is 1.81. The van der Waals surface area contributed by atoms with Crippen LogP contribution in [0.5, 0.6) is 0 Å². The zero-order chi connectivity index (χ0) is 12.0. The lowest BCUT2D eigenvalue weighted by molar-refractivity contribution is -0.0699. The molecule has 1 fully saturated rings. The smallest absolute Gasteiger partial charge is 0.101 e. The van der Waals surface area contributed by atoms with Crippen LogP contribution in [0.15, 0.2) is 0 Å². The highest BCUT2D eigenvalue weighted by Crippen LogP contribution is 2.20. The molecule has 1 aliphatic carbocycles. The summed E-state index contributed by atoms with van der Waals surface area (Å²) in [6.45, 7) is 4.53. The molecule has 1 atom stereocenters. The number of hydrogen-bond acceptors (Lipinski definition) is 4. The van der Waals surface area contributed by atoms with Crippen molar-refractivity contribution in [2.24, 2.45) is 0 Å². The Bertz CT molecular complexity index is 176. The Kier molecular flexibility index (Phi) is 6.28. The van der Waals surface area contributed by atoms with Crippen LogP contribution in [-0.4, -0.2) is 47.8 Å². The predicted octanol–water partition coefficient (Wildman–Crippen LogP) is 1.09. The van der Waals surface area contributed by atoms with E-state index in [0.717, 1.165) is 25.7 Å². The zero-order valence-electron chi connectivity index (χ0n) is 10.3. The van der Waals surface area contributed by atoms with E-state index in [4.69, 9.17) is 9.47 Å². The Morgan fingerprint density at radius 1 is 1.12 bits per heavy atom. The highest BCUT2D eigenvalue weighted by atomic mass is 16.5.